The van der Waals surface area contributed by atoms with E-state index in [1.165, 1.54) is 0 Å². The van der Waals surface area contributed by atoms with Crippen LogP contribution in [0.2, 0.25) is 0 Å². The number of imidazole rings is 1. The maximum absolute atomic E-state index is 13.1. The number of carbonyl (C=O) groups is 1. The maximum atomic E-state index is 13.1. The highest BCUT2D eigenvalue weighted by molar-refractivity contribution is 5.94. The number of carbonyl (C=O) groups excluding carboxylic acids is 1. The molecule has 6 nitrogen and oxygen atoms in total. The molecule has 0 saturated heterocycles. The number of allylic oxidation sites excluding steroid dienone is 1. The van der Waals surface area contributed by atoms with E-state index >= 15 is 0 Å². The summed E-state index contributed by atoms with van der Waals surface area (Å²) < 4.78 is 13.4. The van der Waals surface area contributed by atoms with Gasteiger partial charge in [0, 0.05) is 5.70 Å². The lowest BCUT2D eigenvalue weighted by molar-refractivity contribution is -0.143. The van der Waals surface area contributed by atoms with Gasteiger partial charge in [-0.2, -0.15) is 0 Å². The summed E-state index contributed by atoms with van der Waals surface area (Å²) in [5.74, 6) is 1.21. The first kappa shape index (κ1) is 20.0. The maximum Gasteiger partial charge on any atom is 0.338 e. The molecule has 1 aliphatic rings. The minimum Gasteiger partial charge on any atom is -0.494 e. The van der Waals surface area contributed by atoms with Crippen LogP contribution in [0.5, 0.6) is 5.75 Å². The Morgan fingerprint density at radius 2 is 1.90 bits per heavy atom. The third kappa shape index (κ3) is 3.65. The second-order valence-corrected chi connectivity index (χ2v) is 7.73. The van der Waals surface area contributed by atoms with Gasteiger partial charge in [-0.25, -0.2) is 9.78 Å². The molecule has 4 rings (SSSR count). The number of ether oxygens (including phenoxy) is 2. The predicted molar refractivity (Wildman–Crippen MR) is 118 cm³/mol. The fourth-order valence-corrected chi connectivity index (χ4v) is 3.79. The van der Waals surface area contributed by atoms with E-state index in [0.29, 0.717) is 18.1 Å². The minimum atomic E-state index is -0.347. The Hall–Kier alpha value is -3.28. The van der Waals surface area contributed by atoms with Crippen LogP contribution in [0.25, 0.3) is 11.0 Å². The smallest absolute Gasteiger partial charge is 0.338 e. The van der Waals surface area contributed by atoms with E-state index in [0.717, 1.165) is 34.5 Å². The van der Waals surface area contributed by atoms with Crippen LogP contribution in [-0.4, -0.2) is 28.2 Å². The molecule has 3 aromatic rings. The summed E-state index contributed by atoms with van der Waals surface area (Å²) in [6.07, 6.45) is 0.747. The normalized spacial score (nSPS) is 15.8. The monoisotopic (exact) mass is 405 g/mol. The topological polar surface area (TPSA) is 65.4 Å². The number of para-hydroxylation sites is 2. The second kappa shape index (κ2) is 8.22. The average Bonchev–Trinajstić information content (AvgIpc) is 3.09. The van der Waals surface area contributed by atoms with Crippen LogP contribution in [-0.2, 0) is 9.53 Å². The number of hydrogen-bond acceptors (Lipinski definition) is 5. The summed E-state index contributed by atoms with van der Waals surface area (Å²) in [5.41, 5.74) is 4.14. The molecule has 6 heteroatoms. The summed E-state index contributed by atoms with van der Waals surface area (Å²) in [4.78, 5) is 17.8. The SMILES string of the molecule is CCCOc1ccc([C@H]2C(C(=O)OC(C)C)=C(C)Nc3nc4ccccc4n32)cc1. The lowest BCUT2D eigenvalue weighted by Gasteiger charge is -2.30. The van der Waals surface area contributed by atoms with Crippen LogP contribution < -0.4 is 10.1 Å². The van der Waals surface area contributed by atoms with Gasteiger partial charge in [0.15, 0.2) is 0 Å². The van der Waals surface area contributed by atoms with Crippen LogP contribution in [0.3, 0.4) is 0 Å². The molecule has 0 bridgehead atoms. The Kier molecular flexibility index (Phi) is 5.48. The van der Waals surface area contributed by atoms with Gasteiger partial charge < -0.3 is 14.8 Å². The van der Waals surface area contributed by atoms with Gasteiger partial charge in [0.2, 0.25) is 5.95 Å². The van der Waals surface area contributed by atoms with Crippen LogP contribution >= 0.6 is 0 Å². The Morgan fingerprint density at radius 1 is 1.17 bits per heavy atom. The lowest BCUT2D eigenvalue weighted by Crippen LogP contribution is -2.29. The molecular formula is C24H27N3O3. The Balaban J connectivity index is 1.85. The van der Waals surface area contributed by atoms with Crippen molar-refractivity contribution in [3.63, 3.8) is 0 Å². The molecule has 2 heterocycles. The fourth-order valence-electron chi connectivity index (χ4n) is 3.79. The highest BCUT2D eigenvalue weighted by Crippen LogP contribution is 2.40. The molecule has 2 aromatic carbocycles. The number of benzene rings is 2. The van der Waals surface area contributed by atoms with Gasteiger partial charge in [0.25, 0.3) is 0 Å². The number of aromatic nitrogens is 2. The summed E-state index contributed by atoms with van der Waals surface area (Å²) >= 11 is 0. The zero-order valence-electron chi connectivity index (χ0n) is 17.8. The molecule has 0 fully saturated rings. The first-order valence-electron chi connectivity index (χ1n) is 10.4. The first-order chi connectivity index (χ1) is 14.5. The highest BCUT2D eigenvalue weighted by Gasteiger charge is 2.35. The Bertz CT molecular complexity index is 1100. The Labute approximate surface area is 176 Å². The van der Waals surface area contributed by atoms with E-state index in [1.54, 1.807) is 0 Å². The predicted octanol–water partition coefficient (Wildman–Crippen LogP) is 5.07. The number of hydrogen-bond donors (Lipinski definition) is 1. The van der Waals surface area contributed by atoms with Gasteiger partial charge in [-0.3, -0.25) is 4.57 Å². The van der Waals surface area contributed by atoms with E-state index in [9.17, 15) is 4.79 Å². The number of nitrogens with zero attached hydrogens (tertiary/aromatic N) is 2. The van der Waals surface area contributed by atoms with Crippen molar-refractivity contribution in [3.05, 3.63) is 65.4 Å². The molecule has 0 amide bonds. The molecule has 0 radical (unpaired) electrons. The van der Waals surface area contributed by atoms with Gasteiger partial charge in [-0.1, -0.05) is 31.2 Å². The first-order valence-corrected chi connectivity index (χ1v) is 10.4. The molecule has 0 aliphatic carbocycles. The highest BCUT2D eigenvalue weighted by atomic mass is 16.5. The molecule has 0 saturated carbocycles. The van der Waals surface area contributed by atoms with E-state index in [-0.39, 0.29) is 18.1 Å². The van der Waals surface area contributed by atoms with Gasteiger partial charge in [-0.15, -0.1) is 0 Å². The van der Waals surface area contributed by atoms with Crippen molar-refractivity contribution in [3.8, 4) is 5.75 Å². The molecule has 1 aliphatic heterocycles. The van der Waals surface area contributed by atoms with E-state index in [4.69, 9.17) is 14.5 Å². The van der Waals surface area contributed by atoms with Crippen molar-refractivity contribution >= 4 is 23.0 Å². The van der Waals surface area contributed by atoms with Gasteiger partial charge in [0.1, 0.15) is 5.75 Å². The van der Waals surface area contributed by atoms with Crippen molar-refractivity contribution in [1.29, 1.82) is 0 Å². The quantitative estimate of drug-likeness (QED) is 0.580. The largest absolute Gasteiger partial charge is 0.494 e. The average molecular weight is 405 g/mol. The number of rotatable bonds is 6. The number of nitrogens with one attached hydrogen (secondary N) is 1. The lowest BCUT2D eigenvalue weighted by atomic mass is 9.95. The number of fused-ring (bicyclic) bond motifs is 3. The standard InChI is InChI=1S/C24H27N3O3/c1-5-14-29-18-12-10-17(11-13-18)22-21(23(28)30-15(2)3)16(4)25-24-26-19-8-6-7-9-20(19)27(22)24/h6-13,15,22H,5,14H2,1-4H3,(H,25,26)/t22-/m0/s1. The summed E-state index contributed by atoms with van der Waals surface area (Å²) in [6.45, 7) is 8.36. The molecule has 30 heavy (non-hydrogen) atoms. The summed E-state index contributed by atoms with van der Waals surface area (Å²) in [6, 6.07) is 15.5. The fraction of sp³-hybridized carbons (Fsp3) is 0.333. The van der Waals surface area contributed by atoms with Crippen molar-refractivity contribution in [1.82, 2.24) is 9.55 Å². The van der Waals surface area contributed by atoms with Crippen LogP contribution in [0.15, 0.2) is 59.8 Å². The van der Waals surface area contributed by atoms with Crippen LogP contribution in [0.4, 0.5) is 5.95 Å². The van der Waals surface area contributed by atoms with Crippen molar-refractivity contribution in [2.45, 2.75) is 46.3 Å². The van der Waals surface area contributed by atoms with Crippen LogP contribution in [0.1, 0.15) is 45.7 Å². The molecule has 0 spiro atoms. The molecule has 1 aromatic heterocycles. The van der Waals surface area contributed by atoms with Gasteiger partial charge >= 0.3 is 5.97 Å². The van der Waals surface area contributed by atoms with E-state index in [1.807, 2.05) is 69.3 Å². The van der Waals surface area contributed by atoms with Crippen LogP contribution in [0, 0.1) is 0 Å². The third-order valence-electron chi connectivity index (χ3n) is 5.06. The van der Waals surface area contributed by atoms with E-state index < -0.39 is 0 Å². The van der Waals surface area contributed by atoms with Crippen molar-refractivity contribution in [2.24, 2.45) is 0 Å². The zero-order chi connectivity index (χ0) is 21.3. The van der Waals surface area contributed by atoms with Crippen molar-refractivity contribution in [2.75, 3.05) is 11.9 Å². The van der Waals surface area contributed by atoms with Gasteiger partial charge in [-0.05, 0) is 57.0 Å². The molecule has 1 N–H and O–H groups in total. The minimum absolute atomic E-state index is 0.204. The number of anilines is 1. The van der Waals surface area contributed by atoms with Crippen molar-refractivity contribution < 1.29 is 14.3 Å². The van der Waals surface area contributed by atoms with E-state index in [2.05, 4.69) is 16.8 Å². The third-order valence-corrected chi connectivity index (χ3v) is 5.06. The summed E-state index contributed by atoms with van der Waals surface area (Å²) in [5, 5.41) is 3.30. The molecule has 1 atom stereocenters. The molecule has 156 valence electrons. The zero-order valence-corrected chi connectivity index (χ0v) is 17.8. The van der Waals surface area contributed by atoms with Gasteiger partial charge in [0.05, 0.1) is 35.4 Å². The summed E-state index contributed by atoms with van der Waals surface area (Å²) in [7, 11) is 0. The number of esters is 1. The Morgan fingerprint density at radius 3 is 2.60 bits per heavy atom. The second-order valence-electron chi connectivity index (χ2n) is 7.73. The molecule has 0 unspecified atom stereocenters. The molecular weight excluding hydrogens is 378 g/mol.